The van der Waals surface area contributed by atoms with E-state index in [1.807, 2.05) is 6.07 Å². The van der Waals surface area contributed by atoms with Gasteiger partial charge in [0, 0.05) is 0 Å². The molecule has 0 spiro atoms. The molecule has 2 unspecified atom stereocenters. The molecule has 2 saturated heterocycles. The molecule has 0 amide bonds. The Labute approximate surface area is 301 Å². The van der Waals surface area contributed by atoms with Crippen molar-refractivity contribution in [2.24, 2.45) is 0 Å². The zero-order chi connectivity index (χ0) is 40.0. The number of fused-ring (bicyclic) bond motifs is 2. The second kappa shape index (κ2) is 14.9. The minimum absolute atomic E-state index is 0.0411. The first kappa shape index (κ1) is 41.2. The summed E-state index contributed by atoms with van der Waals surface area (Å²) in [6, 6.07) is 9.43. The molecular weight excluding hydrogens is 789 g/mol. The number of phosphoric ester groups is 1. The van der Waals surface area contributed by atoms with Gasteiger partial charge in [0.05, 0.1) is 24.6 Å². The van der Waals surface area contributed by atoms with Crippen molar-refractivity contribution >= 4 is 45.7 Å². The summed E-state index contributed by atoms with van der Waals surface area (Å²) in [6.45, 7) is -1.56. The van der Waals surface area contributed by atoms with Crippen molar-refractivity contribution in [2.45, 2.75) is 47.8 Å². The van der Waals surface area contributed by atoms with E-state index in [2.05, 4.69) is 29.0 Å². The summed E-state index contributed by atoms with van der Waals surface area (Å²) in [7, 11) is -15.8. The molecule has 2 fully saturated rings. The lowest BCUT2D eigenvalue weighted by atomic mass is 9.92. The summed E-state index contributed by atoms with van der Waals surface area (Å²) >= 11 is 0. The summed E-state index contributed by atoms with van der Waals surface area (Å²) in [5.41, 5.74) is 8.21. The number of rotatable bonds is 10. The molecule has 13 N–H and O–H groups in total. The highest BCUT2D eigenvalue weighted by molar-refractivity contribution is 7.73. The van der Waals surface area contributed by atoms with Crippen LogP contribution in [0.1, 0.15) is 11.4 Å². The molecule has 0 saturated carbocycles. The smallest absolute Gasteiger partial charge is 0.394 e. The largest absolute Gasteiger partial charge is 0.479 e. The minimum atomic E-state index is -5.41. The van der Waals surface area contributed by atoms with Gasteiger partial charge in [-0.1, -0.05) is 0 Å². The zero-order valence-corrected chi connectivity index (χ0v) is 29.7. The minimum Gasteiger partial charge on any atom is -0.394 e. The van der Waals surface area contributed by atoms with Crippen molar-refractivity contribution in [2.75, 3.05) is 30.6 Å². The lowest BCUT2D eigenvalue weighted by molar-refractivity contribution is -0.0643. The number of hydrogen-bond acceptors (Lipinski definition) is 20. The van der Waals surface area contributed by atoms with E-state index in [4.69, 9.17) is 30.7 Å². The molecule has 0 aromatic carbocycles. The van der Waals surface area contributed by atoms with Crippen LogP contribution >= 0.6 is 23.0 Å². The molecule has 4 aromatic heterocycles. The molecule has 10 atom stereocenters. The van der Waals surface area contributed by atoms with E-state index in [1.165, 1.54) is 29.0 Å². The fourth-order valence-electron chi connectivity index (χ4n) is 5.72. The molecule has 2 aliphatic heterocycles. The topological polar surface area (TPSA) is 430 Å². The number of aliphatic hydroxyl groups excluding tert-OH is 5. The Kier molecular flexibility index (Phi) is 11.4. The zero-order valence-electron chi connectivity index (χ0n) is 27.0. The quantitative estimate of drug-likeness (QED) is 0.0700. The molecule has 6 heterocycles. The number of anilines is 2. The lowest BCUT2D eigenvalue weighted by Gasteiger charge is -2.24. The molecule has 0 radical (unpaired) electrons. The van der Waals surface area contributed by atoms with Crippen LogP contribution in [-0.2, 0) is 43.2 Å². The fraction of sp³-hybridized carbons (Fsp3) is 0.440. The van der Waals surface area contributed by atoms with Crippen LogP contribution in [0.15, 0.2) is 36.9 Å². The lowest BCUT2D eigenvalue weighted by Crippen LogP contribution is -2.41. The second-order valence-electron chi connectivity index (χ2n) is 11.7. The summed E-state index contributed by atoms with van der Waals surface area (Å²) in [4.78, 5) is 44.1. The van der Waals surface area contributed by atoms with Gasteiger partial charge >= 0.3 is 23.0 Å². The van der Waals surface area contributed by atoms with Crippen LogP contribution in [0.25, 0.3) is 11.0 Å². The Bertz CT molecular complexity index is 2280. The van der Waals surface area contributed by atoms with Gasteiger partial charge in [0.25, 0.3) is 0 Å². The third kappa shape index (κ3) is 7.61. The van der Waals surface area contributed by atoms with Crippen LogP contribution in [-0.4, -0.2) is 130 Å². The van der Waals surface area contributed by atoms with E-state index in [0.29, 0.717) is 5.52 Å². The number of nitriles is 2. The maximum atomic E-state index is 12.0. The highest BCUT2D eigenvalue weighted by atomic mass is 31.3. The van der Waals surface area contributed by atoms with Crippen LogP contribution in [0.2, 0.25) is 0 Å². The van der Waals surface area contributed by atoms with Crippen molar-refractivity contribution < 1.29 is 77.1 Å². The molecule has 29 heteroatoms. The Balaban J connectivity index is 0.000000228. The van der Waals surface area contributed by atoms with Crippen molar-refractivity contribution in [3.63, 3.8) is 0 Å². The van der Waals surface area contributed by atoms with Gasteiger partial charge in [0.2, 0.25) is 11.2 Å². The van der Waals surface area contributed by atoms with Gasteiger partial charge in [-0.05, 0) is 24.3 Å². The first-order valence-corrected chi connectivity index (χ1v) is 19.9. The summed E-state index contributed by atoms with van der Waals surface area (Å²) in [6.07, 6.45) is -7.11. The fourth-order valence-corrected chi connectivity index (χ4v) is 10.1. The average Bonchev–Trinajstić information content (AvgIpc) is 3.84. The van der Waals surface area contributed by atoms with Gasteiger partial charge in [-0.15, -0.1) is 0 Å². The van der Waals surface area contributed by atoms with Crippen LogP contribution in [0.4, 0.5) is 11.6 Å². The molecule has 0 bridgehead atoms. The van der Waals surface area contributed by atoms with E-state index in [-0.39, 0.29) is 28.5 Å². The number of nitrogens with zero attached hydrogens (tertiary/aromatic N) is 8. The van der Waals surface area contributed by atoms with Crippen molar-refractivity contribution in [1.29, 1.82) is 10.5 Å². The maximum absolute atomic E-state index is 12.0. The predicted octanol–water partition coefficient (Wildman–Crippen LogP) is -3.25. The Morgan fingerprint density at radius 2 is 1.24 bits per heavy atom. The standard InChI is InChI=1S/C13H18N5O12P3.C12H13N5O4/c14-4-13(9-2-1-7-12(15)16-5-17-18(7)9)11(20)10(19)8(29-13)3-28-33(26,27)30-32(24,25)6-31(21,22)23;13-4-12(10(20)9(19)7(3-18)21-12)8-2-1-6-11(14)15-5-16-17(6)8/h1-2,5,8,10-11,19-20H,3,6H2,(H,24,25)(H,26,27)(H2,15,16,17)(H2,21,22,23);1-2,5,7,9-10,18-20H,3H2,(H2,14,15,16)/t8-,10-,11-,13+;7-,9-,10-,12+/m11/s1. The van der Waals surface area contributed by atoms with Gasteiger partial charge in [0.1, 0.15) is 72.5 Å². The van der Waals surface area contributed by atoms with Crippen LogP contribution < -0.4 is 11.5 Å². The van der Waals surface area contributed by atoms with Crippen LogP contribution in [0, 0.1) is 22.7 Å². The van der Waals surface area contributed by atoms with Gasteiger partial charge in [0.15, 0.2) is 17.5 Å². The molecule has 54 heavy (non-hydrogen) atoms. The number of aromatic nitrogens is 6. The normalized spacial score (nSPS) is 30.6. The third-order valence-electron chi connectivity index (χ3n) is 8.15. The number of hydrogen-bond donors (Lipinski definition) is 11. The molecule has 2 aliphatic rings. The third-order valence-corrected chi connectivity index (χ3v) is 13.4. The summed E-state index contributed by atoms with van der Waals surface area (Å²) in [5, 5.41) is 77.4. The first-order chi connectivity index (χ1) is 25.2. The highest BCUT2D eigenvalue weighted by Gasteiger charge is 2.59. The number of aliphatic hydroxyl groups is 5. The average molecular weight is 820 g/mol. The molecular formula is C25H31N10O16P3. The molecule has 292 valence electrons. The Morgan fingerprint density at radius 3 is 1.65 bits per heavy atom. The monoisotopic (exact) mass is 820 g/mol. The molecule has 6 rings (SSSR count). The highest BCUT2D eigenvalue weighted by Crippen LogP contribution is 2.65. The summed E-state index contributed by atoms with van der Waals surface area (Å²) in [5.74, 6) is -1.51. The van der Waals surface area contributed by atoms with Gasteiger partial charge in [-0.2, -0.15) is 20.7 Å². The number of ether oxygens (including phenoxy) is 2. The van der Waals surface area contributed by atoms with Crippen LogP contribution in [0.3, 0.4) is 0 Å². The van der Waals surface area contributed by atoms with Gasteiger partial charge in [-0.25, -0.2) is 27.9 Å². The number of nitrogens with two attached hydrogens (primary N) is 2. The first-order valence-electron chi connectivity index (χ1n) is 14.9. The van der Waals surface area contributed by atoms with E-state index in [1.54, 1.807) is 12.1 Å². The molecule has 4 aromatic rings. The van der Waals surface area contributed by atoms with E-state index in [9.17, 15) is 59.5 Å². The van der Waals surface area contributed by atoms with E-state index < -0.39 is 90.0 Å². The van der Waals surface area contributed by atoms with E-state index in [0.717, 1.165) is 10.8 Å². The van der Waals surface area contributed by atoms with Gasteiger partial charge in [-0.3, -0.25) is 13.7 Å². The SMILES string of the molecule is N#C[C@@]1(c2ccc3c(N)ncnn23)O[C@H](CO)[C@@H](O)[C@H]1O.N#C[C@@]1(c2ccc3c(N)ncnn23)O[C@H](COP(=O)(O)OP(=O)(O)CP(=O)(O)O)[C@@H](O)[C@H]1O. The molecule has 0 aliphatic carbocycles. The van der Waals surface area contributed by atoms with Crippen molar-refractivity contribution in [1.82, 2.24) is 29.2 Å². The van der Waals surface area contributed by atoms with Crippen LogP contribution in [0.5, 0.6) is 0 Å². The van der Waals surface area contributed by atoms with Gasteiger partial charge < -0.3 is 66.0 Å². The predicted molar refractivity (Wildman–Crippen MR) is 174 cm³/mol. The maximum Gasteiger partial charge on any atom is 0.479 e. The number of nitrogen functional groups attached to an aromatic ring is 2. The van der Waals surface area contributed by atoms with Crippen molar-refractivity contribution in [3.05, 3.63) is 48.3 Å². The molecule has 26 nitrogen and oxygen atoms in total. The number of phosphoric acid groups is 1. The van der Waals surface area contributed by atoms with Crippen molar-refractivity contribution in [3.8, 4) is 12.1 Å². The Morgan fingerprint density at radius 1 is 0.796 bits per heavy atom. The Hall–Kier alpha value is -4.01. The second-order valence-corrected chi connectivity index (χ2v) is 17.3. The van der Waals surface area contributed by atoms with E-state index >= 15 is 0 Å². The summed E-state index contributed by atoms with van der Waals surface area (Å²) < 4.78 is 56.3.